The van der Waals surface area contributed by atoms with E-state index >= 15 is 0 Å². The van der Waals surface area contributed by atoms with Crippen LogP contribution in [0, 0.1) is 0 Å². The maximum Gasteiger partial charge on any atom is 0.354 e. The summed E-state index contributed by atoms with van der Waals surface area (Å²) in [6.45, 7) is 3.88. The van der Waals surface area contributed by atoms with Gasteiger partial charge in [0, 0.05) is 18.7 Å². The molecule has 0 aliphatic carbocycles. The highest BCUT2D eigenvalue weighted by atomic mass is 16.5. The molecule has 0 bridgehead atoms. The number of aliphatic hydroxyl groups is 1. The summed E-state index contributed by atoms with van der Waals surface area (Å²) < 4.78 is 6.36. The van der Waals surface area contributed by atoms with Gasteiger partial charge in [0.2, 0.25) is 0 Å². The number of nitrogens with zero attached hydrogens (tertiary/aromatic N) is 1. The zero-order chi connectivity index (χ0) is 11.6. The van der Waals surface area contributed by atoms with Crippen molar-refractivity contribution in [1.82, 2.24) is 4.57 Å². The average molecular weight is 211 g/mol. The molecular weight excluding hydrogens is 194 g/mol. The minimum atomic E-state index is -0.363. The third kappa shape index (κ3) is 2.21. The second kappa shape index (κ2) is 4.06. The molecule has 4 nitrogen and oxygen atoms in total. The van der Waals surface area contributed by atoms with Crippen LogP contribution in [0.15, 0.2) is 12.3 Å². The van der Waals surface area contributed by atoms with E-state index in [1.807, 2.05) is 20.0 Å². The number of carbonyl (C=O) groups excluding carboxylic acids is 1. The summed E-state index contributed by atoms with van der Waals surface area (Å²) in [5, 5.41) is 9.22. The highest BCUT2D eigenvalue weighted by Crippen LogP contribution is 2.24. The van der Waals surface area contributed by atoms with Crippen molar-refractivity contribution >= 4 is 5.97 Å². The van der Waals surface area contributed by atoms with Gasteiger partial charge < -0.3 is 14.4 Å². The van der Waals surface area contributed by atoms with Crippen LogP contribution < -0.4 is 0 Å². The second-order valence-electron chi connectivity index (χ2n) is 4.26. The fourth-order valence-corrected chi connectivity index (χ4v) is 1.33. The Morgan fingerprint density at radius 2 is 2.20 bits per heavy atom. The summed E-state index contributed by atoms with van der Waals surface area (Å²) in [7, 11) is 3.13. The van der Waals surface area contributed by atoms with E-state index < -0.39 is 0 Å². The zero-order valence-electron chi connectivity index (χ0n) is 9.57. The Kier molecular flexibility index (Phi) is 3.19. The molecule has 0 amide bonds. The largest absolute Gasteiger partial charge is 0.464 e. The monoisotopic (exact) mass is 211 g/mol. The van der Waals surface area contributed by atoms with E-state index in [0.717, 1.165) is 5.56 Å². The van der Waals surface area contributed by atoms with E-state index in [1.54, 1.807) is 17.7 Å². The molecular formula is C11H17NO3. The molecule has 1 rings (SSSR count). The summed E-state index contributed by atoms with van der Waals surface area (Å²) in [5.74, 6) is -0.363. The molecule has 0 fully saturated rings. The lowest BCUT2D eigenvalue weighted by molar-refractivity contribution is 0.0590. The number of hydrogen-bond donors (Lipinski definition) is 1. The van der Waals surface area contributed by atoms with E-state index in [9.17, 15) is 9.90 Å². The van der Waals surface area contributed by atoms with Gasteiger partial charge in [-0.3, -0.25) is 0 Å². The molecule has 1 aromatic rings. The Morgan fingerprint density at radius 1 is 1.60 bits per heavy atom. The van der Waals surface area contributed by atoms with Crippen molar-refractivity contribution in [1.29, 1.82) is 0 Å². The molecule has 0 radical (unpaired) electrons. The van der Waals surface area contributed by atoms with Crippen LogP contribution in [0.2, 0.25) is 0 Å². The molecule has 0 spiro atoms. The van der Waals surface area contributed by atoms with E-state index in [1.165, 1.54) is 7.11 Å². The van der Waals surface area contributed by atoms with Crippen LogP contribution in [0.1, 0.15) is 29.9 Å². The number of ether oxygens (including phenoxy) is 1. The summed E-state index contributed by atoms with van der Waals surface area (Å²) in [4.78, 5) is 11.4. The first-order valence-corrected chi connectivity index (χ1v) is 4.78. The topological polar surface area (TPSA) is 51.5 Å². The predicted molar refractivity (Wildman–Crippen MR) is 56.9 cm³/mol. The van der Waals surface area contributed by atoms with Crippen molar-refractivity contribution in [3.8, 4) is 0 Å². The van der Waals surface area contributed by atoms with Crippen molar-refractivity contribution < 1.29 is 14.6 Å². The highest BCUT2D eigenvalue weighted by Gasteiger charge is 2.23. The van der Waals surface area contributed by atoms with E-state index in [2.05, 4.69) is 4.74 Å². The van der Waals surface area contributed by atoms with Crippen LogP contribution in [0.25, 0.3) is 0 Å². The third-order valence-electron chi connectivity index (χ3n) is 2.58. The lowest BCUT2D eigenvalue weighted by Crippen LogP contribution is -2.21. The Morgan fingerprint density at radius 3 is 2.67 bits per heavy atom. The van der Waals surface area contributed by atoms with E-state index in [-0.39, 0.29) is 18.0 Å². The maximum absolute atomic E-state index is 11.4. The fraction of sp³-hybridized carbons (Fsp3) is 0.545. The number of aryl methyl sites for hydroxylation is 1. The quantitative estimate of drug-likeness (QED) is 0.761. The number of methoxy groups -OCH3 is 1. The van der Waals surface area contributed by atoms with Crippen LogP contribution in [-0.2, 0) is 17.2 Å². The lowest BCUT2D eigenvalue weighted by atomic mass is 9.87. The van der Waals surface area contributed by atoms with Crippen LogP contribution in [0.4, 0.5) is 0 Å². The number of hydrogen-bond acceptors (Lipinski definition) is 3. The Bertz CT molecular complexity index is 366. The Balaban J connectivity index is 3.11. The van der Waals surface area contributed by atoms with Gasteiger partial charge in [0.25, 0.3) is 0 Å². The molecule has 15 heavy (non-hydrogen) atoms. The Labute approximate surface area is 89.5 Å². The van der Waals surface area contributed by atoms with Gasteiger partial charge in [0.15, 0.2) is 0 Å². The number of aromatic nitrogens is 1. The Hall–Kier alpha value is -1.29. The summed E-state index contributed by atoms with van der Waals surface area (Å²) in [6.07, 6.45) is 1.84. The van der Waals surface area contributed by atoms with Crippen molar-refractivity contribution in [2.45, 2.75) is 19.3 Å². The van der Waals surface area contributed by atoms with Gasteiger partial charge >= 0.3 is 5.97 Å². The van der Waals surface area contributed by atoms with Crippen LogP contribution in [-0.4, -0.2) is 29.4 Å². The lowest BCUT2D eigenvalue weighted by Gasteiger charge is -2.19. The molecule has 0 aliphatic rings. The minimum Gasteiger partial charge on any atom is -0.464 e. The molecule has 84 valence electrons. The normalized spacial score (nSPS) is 11.5. The zero-order valence-corrected chi connectivity index (χ0v) is 9.57. The smallest absolute Gasteiger partial charge is 0.354 e. The van der Waals surface area contributed by atoms with Gasteiger partial charge in [-0.05, 0) is 11.6 Å². The molecule has 0 saturated heterocycles. The van der Waals surface area contributed by atoms with Crippen LogP contribution >= 0.6 is 0 Å². The molecule has 0 aliphatic heterocycles. The summed E-state index contributed by atoms with van der Waals surface area (Å²) in [6, 6.07) is 1.75. The van der Waals surface area contributed by atoms with Crippen molar-refractivity contribution in [2.75, 3.05) is 13.7 Å². The number of carbonyl (C=O) groups is 1. The van der Waals surface area contributed by atoms with Crippen molar-refractivity contribution in [3.63, 3.8) is 0 Å². The number of rotatable bonds is 3. The average Bonchev–Trinajstić information content (AvgIpc) is 2.60. The van der Waals surface area contributed by atoms with Gasteiger partial charge in [0.1, 0.15) is 5.69 Å². The SMILES string of the molecule is COC(=O)c1cc(C(C)(C)CO)cn1C. The molecule has 0 unspecified atom stereocenters. The first kappa shape index (κ1) is 11.8. The van der Waals surface area contributed by atoms with E-state index in [0.29, 0.717) is 5.69 Å². The number of esters is 1. The molecule has 4 heteroatoms. The van der Waals surface area contributed by atoms with Gasteiger partial charge in [-0.15, -0.1) is 0 Å². The van der Waals surface area contributed by atoms with Crippen molar-refractivity contribution in [3.05, 3.63) is 23.5 Å². The molecule has 0 atom stereocenters. The standard InChI is InChI=1S/C11H17NO3/c1-11(2,7-13)8-5-9(10(14)15-4)12(3)6-8/h5-6,13H,7H2,1-4H3. The fourth-order valence-electron chi connectivity index (χ4n) is 1.33. The molecule has 0 saturated carbocycles. The summed E-state index contributed by atoms with van der Waals surface area (Å²) >= 11 is 0. The first-order valence-electron chi connectivity index (χ1n) is 4.78. The molecule has 1 N–H and O–H groups in total. The maximum atomic E-state index is 11.4. The predicted octanol–water partition coefficient (Wildman–Crippen LogP) is 1.08. The van der Waals surface area contributed by atoms with Gasteiger partial charge in [-0.2, -0.15) is 0 Å². The van der Waals surface area contributed by atoms with Crippen molar-refractivity contribution in [2.24, 2.45) is 7.05 Å². The first-order chi connectivity index (χ1) is 6.92. The summed E-state index contributed by atoms with van der Waals surface area (Å²) in [5.41, 5.74) is 1.08. The second-order valence-corrected chi connectivity index (χ2v) is 4.26. The van der Waals surface area contributed by atoms with E-state index in [4.69, 9.17) is 0 Å². The van der Waals surface area contributed by atoms with Gasteiger partial charge in [-0.1, -0.05) is 13.8 Å². The van der Waals surface area contributed by atoms with Gasteiger partial charge in [0.05, 0.1) is 13.7 Å². The third-order valence-corrected chi connectivity index (χ3v) is 2.58. The van der Waals surface area contributed by atoms with Crippen LogP contribution in [0.3, 0.4) is 0 Å². The molecule has 1 heterocycles. The molecule has 0 aromatic carbocycles. The van der Waals surface area contributed by atoms with Crippen LogP contribution in [0.5, 0.6) is 0 Å². The minimum absolute atomic E-state index is 0.0393. The van der Waals surface area contributed by atoms with Gasteiger partial charge in [-0.25, -0.2) is 4.79 Å². The molecule has 1 aromatic heterocycles. The highest BCUT2D eigenvalue weighted by molar-refractivity contribution is 5.88. The number of aliphatic hydroxyl groups excluding tert-OH is 1.